The highest BCUT2D eigenvalue weighted by molar-refractivity contribution is 5.95. The van der Waals surface area contributed by atoms with Gasteiger partial charge in [-0.2, -0.15) is 0 Å². The molecule has 0 heterocycles. The van der Waals surface area contributed by atoms with E-state index in [0.29, 0.717) is 19.7 Å². The fourth-order valence-electron chi connectivity index (χ4n) is 2.31. The molecule has 0 spiro atoms. The summed E-state index contributed by atoms with van der Waals surface area (Å²) in [5, 5.41) is 13.6. The van der Waals surface area contributed by atoms with Crippen molar-refractivity contribution in [2.45, 2.75) is 81.6 Å². The summed E-state index contributed by atoms with van der Waals surface area (Å²) in [6, 6.07) is 4.03. The smallest absolute Gasteiger partial charge is 0.292 e. The molecule has 8 nitrogen and oxygen atoms in total. The average molecular weight is 525 g/mol. The third kappa shape index (κ3) is 27.5. The number of rotatable bonds is 11. The Kier molecular flexibility index (Phi) is 44.9. The van der Waals surface area contributed by atoms with E-state index in [-0.39, 0.29) is 22.8 Å². The van der Waals surface area contributed by atoms with Gasteiger partial charge in [0.25, 0.3) is 11.6 Å². The summed E-state index contributed by atoms with van der Waals surface area (Å²) < 4.78 is 5.01. The van der Waals surface area contributed by atoms with Crippen LogP contribution in [0.2, 0.25) is 0 Å². The van der Waals surface area contributed by atoms with Gasteiger partial charge in [-0.25, -0.2) is 0 Å². The summed E-state index contributed by atoms with van der Waals surface area (Å²) in [4.78, 5) is 24.3. The van der Waals surface area contributed by atoms with Gasteiger partial charge >= 0.3 is 0 Å². The zero-order valence-electron chi connectivity index (χ0n) is 25.4. The lowest BCUT2D eigenvalue weighted by Crippen LogP contribution is -2.36. The topological polar surface area (TPSA) is 111 Å². The molecule has 0 aromatic heterocycles. The van der Waals surface area contributed by atoms with E-state index in [2.05, 4.69) is 42.1 Å². The lowest BCUT2D eigenvalue weighted by atomic mass is 10.1. The first kappa shape index (κ1) is 44.1. The van der Waals surface area contributed by atoms with Gasteiger partial charge in [0.05, 0.1) is 11.5 Å². The number of nitro benzene ring substituents is 1. The molecule has 0 fully saturated rings. The summed E-state index contributed by atoms with van der Waals surface area (Å²) in [7, 11) is 1.64. The van der Waals surface area contributed by atoms with Crippen molar-refractivity contribution in [3.05, 3.63) is 47.0 Å². The Bertz CT molecular complexity index is 701. The maximum absolute atomic E-state index is 12.0. The fourth-order valence-corrected chi connectivity index (χ4v) is 2.31. The number of anilines is 1. The van der Waals surface area contributed by atoms with Crippen LogP contribution >= 0.6 is 0 Å². The molecular weight excluding hydrogens is 468 g/mol. The normalized spacial score (nSPS) is 8.30. The number of benzene rings is 1. The Labute approximate surface area is 228 Å². The summed E-state index contributed by atoms with van der Waals surface area (Å²) in [5.41, 5.74) is 5.50. The third-order valence-electron chi connectivity index (χ3n) is 4.09. The van der Waals surface area contributed by atoms with E-state index in [4.69, 9.17) is 10.5 Å². The van der Waals surface area contributed by atoms with E-state index in [0.717, 1.165) is 19.5 Å². The summed E-state index contributed by atoms with van der Waals surface area (Å²) >= 11 is 0. The number of nitrogens with one attached hydrogen (secondary N) is 1. The maximum atomic E-state index is 12.0. The van der Waals surface area contributed by atoms with Crippen LogP contribution in [0, 0.1) is 22.0 Å². The van der Waals surface area contributed by atoms with Crippen molar-refractivity contribution >= 4 is 17.3 Å². The maximum Gasteiger partial charge on any atom is 0.292 e. The predicted octanol–water partition coefficient (Wildman–Crippen LogP) is 6.96. The van der Waals surface area contributed by atoms with Crippen molar-refractivity contribution in [3.8, 4) is 11.8 Å². The molecule has 0 saturated carbocycles. The SMILES string of the molecule is C=C.CC.CC.CC.CC#CCCCC.CCN(CCNC(=O)c1ccc(N)c([N+](=O)[O-])c1)CCOC. The van der Waals surface area contributed by atoms with E-state index in [1.807, 2.05) is 55.4 Å². The van der Waals surface area contributed by atoms with Gasteiger partial charge in [0, 0.05) is 44.8 Å². The minimum absolute atomic E-state index is 0.0401. The second-order valence-electron chi connectivity index (χ2n) is 6.24. The summed E-state index contributed by atoms with van der Waals surface area (Å²) in [6.07, 6.45) is 3.59. The highest BCUT2D eigenvalue weighted by Gasteiger charge is 2.15. The zero-order chi connectivity index (χ0) is 30.1. The molecule has 3 N–H and O–H groups in total. The van der Waals surface area contributed by atoms with Crippen LogP contribution in [0.3, 0.4) is 0 Å². The molecule has 0 radical (unpaired) electrons. The first-order valence-electron chi connectivity index (χ1n) is 13.3. The summed E-state index contributed by atoms with van der Waals surface area (Å²) in [6.45, 7) is 27.5. The van der Waals surface area contributed by atoms with E-state index in [9.17, 15) is 14.9 Å². The first-order valence-corrected chi connectivity index (χ1v) is 13.3. The molecule has 1 rings (SSSR count). The Morgan fingerprint density at radius 3 is 2.14 bits per heavy atom. The van der Waals surface area contributed by atoms with Crippen LogP contribution in [0.5, 0.6) is 0 Å². The van der Waals surface area contributed by atoms with Gasteiger partial charge in [-0.3, -0.25) is 19.8 Å². The number of amides is 1. The van der Waals surface area contributed by atoms with Crippen molar-refractivity contribution in [2.75, 3.05) is 45.6 Å². The van der Waals surface area contributed by atoms with E-state index in [1.165, 1.54) is 31.0 Å². The van der Waals surface area contributed by atoms with Crippen molar-refractivity contribution < 1.29 is 14.5 Å². The number of nitrogen functional groups attached to an aromatic ring is 1. The molecule has 0 atom stereocenters. The standard InChI is InChI=1S/C14H22N4O4.C7H12.3C2H6.C2H4/c1-3-17(8-9-22-2)7-6-16-14(19)11-4-5-12(15)13(10-11)18(20)21;1-3-5-7-6-4-2;4*1-2/h4-5,10H,3,6-9,15H2,1-2H3,(H,16,19);3,5,7H2,1-2H3;3*1-2H3;1-2H2. The number of unbranched alkanes of at least 4 members (excludes halogenated alkanes) is 2. The lowest BCUT2D eigenvalue weighted by molar-refractivity contribution is -0.383. The molecular formula is C29H56N4O4. The number of likely N-dealkylation sites (N-methyl/N-ethyl adjacent to an activating group) is 1. The van der Waals surface area contributed by atoms with Crippen molar-refractivity contribution in [1.82, 2.24) is 10.2 Å². The minimum Gasteiger partial charge on any atom is -0.393 e. The van der Waals surface area contributed by atoms with E-state index >= 15 is 0 Å². The Morgan fingerprint density at radius 2 is 1.70 bits per heavy atom. The number of methoxy groups -OCH3 is 1. The second kappa shape index (κ2) is 37.7. The molecule has 0 bridgehead atoms. The van der Waals surface area contributed by atoms with Crippen LogP contribution in [0.4, 0.5) is 11.4 Å². The highest BCUT2D eigenvalue weighted by atomic mass is 16.6. The fraction of sp³-hybridized carbons (Fsp3) is 0.621. The number of carbonyl (C=O) groups excluding carboxylic acids is 1. The Hall–Kier alpha value is -2.89. The van der Waals surface area contributed by atoms with Crippen molar-refractivity contribution in [3.63, 3.8) is 0 Å². The predicted molar refractivity (Wildman–Crippen MR) is 162 cm³/mol. The monoisotopic (exact) mass is 524 g/mol. The molecule has 1 amide bonds. The van der Waals surface area contributed by atoms with Crippen LogP contribution in [0.1, 0.15) is 91.9 Å². The molecule has 0 unspecified atom stereocenters. The van der Waals surface area contributed by atoms with Crippen molar-refractivity contribution in [1.29, 1.82) is 0 Å². The van der Waals surface area contributed by atoms with Crippen molar-refractivity contribution in [2.24, 2.45) is 0 Å². The number of ether oxygens (including phenoxy) is 1. The number of nitrogens with zero attached hydrogens (tertiary/aromatic N) is 2. The van der Waals surface area contributed by atoms with Gasteiger partial charge < -0.3 is 15.8 Å². The largest absolute Gasteiger partial charge is 0.393 e. The first-order chi connectivity index (χ1) is 17.9. The van der Waals surface area contributed by atoms with E-state index < -0.39 is 4.92 Å². The van der Waals surface area contributed by atoms with Gasteiger partial charge in [-0.15, -0.1) is 25.0 Å². The molecule has 216 valence electrons. The average Bonchev–Trinajstić information content (AvgIpc) is 2.95. The van der Waals surface area contributed by atoms with Gasteiger partial charge in [-0.1, -0.05) is 61.8 Å². The highest BCUT2D eigenvalue weighted by Crippen LogP contribution is 2.22. The molecule has 8 heteroatoms. The minimum atomic E-state index is -0.602. The molecule has 0 saturated heterocycles. The van der Waals surface area contributed by atoms with Crippen LogP contribution < -0.4 is 11.1 Å². The quantitative estimate of drug-likeness (QED) is 0.0808. The van der Waals surface area contributed by atoms with Crippen LogP contribution in [-0.2, 0) is 4.74 Å². The molecule has 1 aromatic rings. The van der Waals surface area contributed by atoms with Gasteiger partial charge in [0.15, 0.2) is 0 Å². The molecule has 1 aromatic carbocycles. The van der Waals surface area contributed by atoms with Crippen LogP contribution in [0.15, 0.2) is 31.4 Å². The Balaban J connectivity index is -0.000000190. The lowest BCUT2D eigenvalue weighted by Gasteiger charge is -2.19. The Morgan fingerprint density at radius 1 is 1.14 bits per heavy atom. The van der Waals surface area contributed by atoms with Crippen LogP contribution in [-0.4, -0.2) is 55.6 Å². The molecule has 37 heavy (non-hydrogen) atoms. The number of hydrogen-bond acceptors (Lipinski definition) is 6. The van der Waals surface area contributed by atoms with Gasteiger partial charge in [-0.05, 0) is 32.0 Å². The van der Waals surface area contributed by atoms with E-state index in [1.54, 1.807) is 7.11 Å². The molecule has 0 aliphatic rings. The number of nitro groups is 1. The zero-order valence-corrected chi connectivity index (χ0v) is 25.4. The molecule has 0 aliphatic heterocycles. The molecule has 0 aliphatic carbocycles. The van der Waals surface area contributed by atoms with Gasteiger partial charge in [0.2, 0.25) is 0 Å². The number of nitrogens with two attached hydrogens (primary N) is 1. The number of carbonyl (C=O) groups is 1. The number of hydrogen-bond donors (Lipinski definition) is 2. The van der Waals surface area contributed by atoms with Gasteiger partial charge in [0.1, 0.15) is 5.69 Å². The third-order valence-corrected chi connectivity index (χ3v) is 4.09. The second-order valence-corrected chi connectivity index (χ2v) is 6.24. The summed E-state index contributed by atoms with van der Waals surface area (Å²) in [5.74, 6) is 5.50. The van der Waals surface area contributed by atoms with Crippen LogP contribution in [0.25, 0.3) is 0 Å².